The van der Waals surface area contributed by atoms with E-state index in [9.17, 15) is 14.4 Å². The number of esters is 2. The molecule has 2 fully saturated rings. The van der Waals surface area contributed by atoms with Crippen LogP contribution >= 0.6 is 0 Å². The zero-order valence-corrected chi connectivity index (χ0v) is 16.6. The average Bonchev–Trinajstić information content (AvgIpc) is 2.91. The smallest absolute Gasteiger partial charge is 0.302 e. The summed E-state index contributed by atoms with van der Waals surface area (Å²) in [6, 6.07) is 0. The van der Waals surface area contributed by atoms with E-state index >= 15 is 0 Å². The largest absolute Gasteiger partial charge is 0.462 e. The number of Topliss-reactive ketones (excluding diaryl/α,β-unsaturated/α-hetero) is 1. The molecule has 0 saturated heterocycles. The molecule has 2 saturated carbocycles. The Morgan fingerprint density at radius 3 is 2.41 bits per heavy atom. The number of rotatable bonds is 2. The predicted molar refractivity (Wildman–Crippen MR) is 99.4 cm³/mol. The van der Waals surface area contributed by atoms with Gasteiger partial charge >= 0.3 is 11.9 Å². The molecule has 0 radical (unpaired) electrons. The number of fused-ring (bicyclic) bond motifs is 3. The lowest BCUT2D eigenvalue weighted by Gasteiger charge is -2.47. The number of carbonyl (C=O) groups is 3. The first-order valence-corrected chi connectivity index (χ1v) is 10.1. The van der Waals surface area contributed by atoms with E-state index < -0.39 is 0 Å². The normalized spacial score (nSPS) is 38.6. The molecule has 0 aliphatic heterocycles. The van der Waals surface area contributed by atoms with Crippen molar-refractivity contribution in [2.75, 3.05) is 0 Å². The zero-order valence-electron chi connectivity index (χ0n) is 16.6. The number of hydrogen-bond donors (Lipinski definition) is 0. The minimum atomic E-state index is -0.319. The molecule has 0 bridgehead atoms. The second-order valence-electron chi connectivity index (χ2n) is 8.59. The van der Waals surface area contributed by atoms with E-state index in [0.29, 0.717) is 31.6 Å². The molecule has 0 heterocycles. The molecule has 0 unspecified atom stereocenters. The van der Waals surface area contributed by atoms with Crippen molar-refractivity contribution < 1.29 is 23.9 Å². The summed E-state index contributed by atoms with van der Waals surface area (Å²) < 4.78 is 10.9. The molecule has 0 aromatic heterocycles. The van der Waals surface area contributed by atoms with Crippen LogP contribution in [0.2, 0.25) is 0 Å². The highest BCUT2D eigenvalue weighted by atomic mass is 16.5. The van der Waals surface area contributed by atoms with Gasteiger partial charge in [0.05, 0.1) is 0 Å². The van der Waals surface area contributed by atoms with E-state index in [1.54, 1.807) is 0 Å². The second kappa shape index (κ2) is 8.04. The average molecular weight is 374 g/mol. The predicted octanol–water partition coefficient (Wildman–Crippen LogP) is 3.44. The first-order valence-electron chi connectivity index (χ1n) is 10.1. The molecule has 5 heteroatoms. The minimum absolute atomic E-state index is 0.0181. The first-order chi connectivity index (χ1) is 12.8. The summed E-state index contributed by atoms with van der Waals surface area (Å²) in [5.41, 5.74) is -0.0564. The van der Waals surface area contributed by atoms with Crippen LogP contribution in [0.15, 0.2) is 0 Å². The van der Waals surface area contributed by atoms with Gasteiger partial charge in [0, 0.05) is 44.4 Å². The second-order valence-corrected chi connectivity index (χ2v) is 8.59. The van der Waals surface area contributed by atoms with E-state index in [1.165, 1.54) is 13.8 Å². The fraction of sp³-hybridized carbons (Fsp3) is 0.773. The SMILES string of the molecule is CC(=O)O[C@@H]1CC#CC[C@@H]2[C@H](CC[C@]3(C)[C@@H](OC(C)=O)CC[C@@H]23)C(=O)CC1. The lowest BCUT2D eigenvalue weighted by molar-refractivity contribution is -0.156. The third kappa shape index (κ3) is 4.20. The maximum Gasteiger partial charge on any atom is 0.302 e. The van der Waals surface area contributed by atoms with Gasteiger partial charge in [-0.1, -0.05) is 12.8 Å². The molecule has 5 nitrogen and oxygen atoms in total. The van der Waals surface area contributed by atoms with E-state index in [-0.39, 0.29) is 47.2 Å². The summed E-state index contributed by atoms with van der Waals surface area (Å²) in [7, 11) is 0. The Morgan fingerprint density at radius 2 is 1.70 bits per heavy atom. The third-order valence-corrected chi connectivity index (χ3v) is 6.91. The van der Waals surface area contributed by atoms with Crippen molar-refractivity contribution in [2.24, 2.45) is 23.2 Å². The molecule has 0 spiro atoms. The lowest BCUT2D eigenvalue weighted by atomic mass is 9.58. The zero-order chi connectivity index (χ0) is 19.6. The summed E-state index contributed by atoms with van der Waals surface area (Å²) in [6.07, 6.45) is 5.43. The number of ether oxygens (including phenoxy) is 2. The molecular formula is C22H30O5. The van der Waals surface area contributed by atoms with Crippen LogP contribution in [0.25, 0.3) is 0 Å². The molecule has 0 N–H and O–H groups in total. The van der Waals surface area contributed by atoms with Crippen LogP contribution in [0.5, 0.6) is 0 Å². The van der Waals surface area contributed by atoms with Crippen LogP contribution in [0.3, 0.4) is 0 Å². The molecule has 27 heavy (non-hydrogen) atoms. The molecule has 3 aliphatic carbocycles. The molecule has 3 aliphatic rings. The van der Waals surface area contributed by atoms with Gasteiger partial charge in [-0.05, 0) is 43.9 Å². The number of hydrogen-bond acceptors (Lipinski definition) is 5. The van der Waals surface area contributed by atoms with Crippen LogP contribution < -0.4 is 0 Å². The van der Waals surface area contributed by atoms with Crippen LogP contribution in [-0.4, -0.2) is 29.9 Å². The monoisotopic (exact) mass is 374 g/mol. The van der Waals surface area contributed by atoms with Gasteiger partial charge in [0.2, 0.25) is 0 Å². The minimum Gasteiger partial charge on any atom is -0.462 e. The molecule has 0 aromatic carbocycles. The lowest BCUT2D eigenvalue weighted by Crippen LogP contribution is -2.46. The topological polar surface area (TPSA) is 69.7 Å². The van der Waals surface area contributed by atoms with Crippen molar-refractivity contribution in [1.82, 2.24) is 0 Å². The Kier molecular flexibility index (Phi) is 5.93. The van der Waals surface area contributed by atoms with Gasteiger partial charge in [0.25, 0.3) is 0 Å². The molecule has 0 amide bonds. The fourth-order valence-electron chi connectivity index (χ4n) is 5.62. The van der Waals surface area contributed by atoms with Gasteiger partial charge < -0.3 is 9.47 Å². The standard InChI is InChI=1S/C22H30O5/c1-14(23)26-16-6-4-5-7-17-18(20(25)10-8-16)12-13-22(3)19(17)9-11-21(22)27-15(2)24/h16-19,21H,6-13H2,1-3H3/t16-,17-,18+,19+,21+,22+/m1/s1. The van der Waals surface area contributed by atoms with E-state index in [2.05, 4.69) is 18.8 Å². The first kappa shape index (κ1) is 19.9. The Hall–Kier alpha value is -1.83. The molecule has 148 valence electrons. The highest BCUT2D eigenvalue weighted by Gasteiger charge is 2.56. The molecular weight excluding hydrogens is 344 g/mol. The van der Waals surface area contributed by atoms with Crippen LogP contribution in [-0.2, 0) is 23.9 Å². The van der Waals surface area contributed by atoms with Gasteiger partial charge in [0.1, 0.15) is 18.0 Å². The summed E-state index contributed by atoms with van der Waals surface area (Å²) in [5, 5.41) is 0. The summed E-state index contributed by atoms with van der Waals surface area (Å²) in [4.78, 5) is 35.7. The van der Waals surface area contributed by atoms with Crippen molar-refractivity contribution in [1.29, 1.82) is 0 Å². The number of carbonyl (C=O) groups excluding carboxylic acids is 3. The van der Waals surface area contributed by atoms with Crippen molar-refractivity contribution >= 4 is 17.7 Å². The van der Waals surface area contributed by atoms with Gasteiger partial charge in [-0.2, -0.15) is 0 Å². The Labute approximate surface area is 161 Å². The van der Waals surface area contributed by atoms with Crippen molar-refractivity contribution in [3.8, 4) is 11.8 Å². The van der Waals surface area contributed by atoms with Crippen molar-refractivity contribution in [3.05, 3.63) is 0 Å². The third-order valence-electron chi connectivity index (χ3n) is 6.91. The maximum absolute atomic E-state index is 13.0. The van der Waals surface area contributed by atoms with Crippen LogP contribution in [0, 0.1) is 35.0 Å². The Bertz CT molecular complexity index is 672. The summed E-state index contributed by atoms with van der Waals surface area (Å²) >= 11 is 0. The van der Waals surface area contributed by atoms with E-state index in [4.69, 9.17) is 9.47 Å². The Balaban J connectivity index is 1.79. The van der Waals surface area contributed by atoms with Gasteiger partial charge in [-0.3, -0.25) is 14.4 Å². The van der Waals surface area contributed by atoms with Crippen LogP contribution in [0.1, 0.15) is 72.1 Å². The highest BCUT2D eigenvalue weighted by molar-refractivity contribution is 5.81. The summed E-state index contributed by atoms with van der Waals surface area (Å²) in [6.45, 7) is 5.09. The van der Waals surface area contributed by atoms with Crippen LogP contribution in [0.4, 0.5) is 0 Å². The van der Waals surface area contributed by atoms with Gasteiger partial charge in [-0.25, -0.2) is 0 Å². The highest BCUT2D eigenvalue weighted by Crippen LogP contribution is 2.58. The molecule has 6 atom stereocenters. The van der Waals surface area contributed by atoms with Gasteiger partial charge in [0.15, 0.2) is 0 Å². The Morgan fingerprint density at radius 1 is 1.00 bits per heavy atom. The molecule has 0 aromatic rings. The van der Waals surface area contributed by atoms with E-state index in [0.717, 1.165) is 25.7 Å². The maximum atomic E-state index is 13.0. The van der Waals surface area contributed by atoms with Crippen molar-refractivity contribution in [2.45, 2.75) is 84.3 Å². The quantitative estimate of drug-likeness (QED) is 0.547. The molecule has 3 rings (SSSR count). The van der Waals surface area contributed by atoms with E-state index in [1.807, 2.05) is 0 Å². The number of ketones is 1. The fourth-order valence-corrected chi connectivity index (χ4v) is 5.62. The summed E-state index contributed by atoms with van der Waals surface area (Å²) in [5.74, 6) is 6.78. The van der Waals surface area contributed by atoms with Gasteiger partial charge in [-0.15, -0.1) is 5.92 Å². The van der Waals surface area contributed by atoms with Crippen molar-refractivity contribution in [3.63, 3.8) is 0 Å².